The van der Waals surface area contributed by atoms with Gasteiger partial charge in [-0.1, -0.05) is 13.3 Å². The average Bonchev–Trinajstić information content (AvgIpc) is 2.79. The van der Waals surface area contributed by atoms with Crippen molar-refractivity contribution in [2.24, 2.45) is 7.05 Å². The van der Waals surface area contributed by atoms with E-state index in [1.807, 2.05) is 11.7 Å². The monoisotopic (exact) mass is 237 g/mol. The lowest BCUT2D eigenvalue weighted by Gasteiger charge is -2.14. The van der Waals surface area contributed by atoms with E-state index < -0.39 is 0 Å². The Morgan fingerprint density at radius 1 is 1.47 bits per heavy atom. The maximum absolute atomic E-state index is 6.14. The highest BCUT2D eigenvalue weighted by molar-refractivity contribution is 5.65. The molecule has 1 atom stereocenters. The second-order valence-electron chi connectivity index (χ2n) is 4.97. The smallest absolute Gasteiger partial charge is 0.148 e. The van der Waals surface area contributed by atoms with Gasteiger partial charge in [0.2, 0.25) is 0 Å². The molecule has 0 bridgehead atoms. The van der Waals surface area contributed by atoms with Gasteiger partial charge in [0.05, 0.1) is 11.4 Å². The van der Waals surface area contributed by atoms with E-state index in [-0.39, 0.29) is 0 Å². The summed E-state index contributed by atoms with van der Waals surface area (Å²) in [5.74, 6) is 0.980. The van der Waals surface area contributed by atoms with Crippen molar-refractivity contribution in [1.82, 2.24) is 14.7 Å². The third kappa shape index (κ3) is 2.54. The predicted molar refractivity (Wildman–Crippen MR) is 71.1 cm³/mol. The molecule has 5 heteroatoms. The van der Waals surface area contributed by atoms with Gasteiger partial charge in [-0.25, -0.2) is 0 Å². The Kier molecular flexibility index (Phi) is 3.57. The Hall–Kier alpha value is -1.23. The van der Waals surface area contributed by atoms with Gasteiger partial charge in [0.1, 0.15) is 5.82 Å². The largest absolute Gasteiger partial charge is 0.394 e. The summed E-state index contributed by atoms with van der Waals surface area (Å²) in [6.07, 6.45) is 3.20. The third-order valence-electron chi connectivity index (χ3n) is 3.38. The second kappa shape index (κ2) is 4.96. The zero-order valence-electron chi connectivity index (χ0n) is 11.0. The third-order valence-corrected chi connectivity index (χ3v) is 3.38. The first-order valence-electron chi connectivity index (χ1n) is 6.38. The van der Waals surface area contributed by atoms with Gasteiger partial charge >= 0.3 is 0 Å². The van der Waals surface area contributed by atoms with Crippen LogP contribution in [0.15, 0.2) is 0 Å². The minimum Gasteiger partial charge on any atom is -0.394 e. The van der Waals surface area contributed by atoms with Crippen molar-refractivity contribution >= 4 is 11.5 Å². The maximum atomic E-state index is 6.14. The number of hydrogen-bond acceptors (Lipinski definition) is 4. The van der Waals surface area contributed by atoms with Crippen molar-refractivity contribution in [3.8, 4) is 0 Å². The number of rotatable bonds is 4. The second-order valence-corrected chi connectivity index (χ2v) is 4.97. The van der Waals surface area contributed by atoms with E-state index in [1.165, 1.54) is 6.42 Å². The summed E-state index contributed by atoms with van der Waals surface area (Å²) < 4.78 is 1.87. The maximum Gasteiger partial charge on any atom is 0.148 e. The fraction of sp³-hybridized carbons (Fsp3) is 0.750. The molecule has 1 fully saturated rings. The summed E-state index contributed by atoms with van der Waals surface area (Å²) in [4.78, 5) is 2.33. The Bertz CT molecular complexity index is 384. The molecule has 17 heavy (non-hydrogen) atoms. The van der Waals surface area contributed by atoms with E-state index in [1.54, 1.807) is 0 Å². The van der Waals surface area contributed by atoms with Crippen molar-refractivity contribution in [2.45, 2.75) is 32.2 Å². The van der Waals surface area contributed by atoms with Gasteiger partial charge in [0.25, 0.3) is 0 Å². The lowest BCUT2D eigenvalue weighted by molar-refractivity contribution is 0.414. The molecule has 2 heterocycles. The van der Waals surface area contributed by atoms with Crippen LogP contribution >= 0.6 is 0 Å². The number of nitrogens with zero attached hydrogens (tertiary/aromatic N) is 3. The quantitative estimate of drug-likeness (QED) is 0.822. The Labute approximate surface area is 103 Å². The molecular formula is C12H23N5. The van der Waals surface area contributed by atoms with Crippen LogP contribution in [0.25, 0.3) is 0 Å². The molecular weight excluding hydrogens is 214 g/mol. The predicted octanol–water partition coefficient (Wildman–Crippen LogP) is 1.07. The molecule has 2 rings (SSSR count). The molecule has 0 aromatic carbocycles. The van der Waals surface area contributed by atoms with Gasteiger partial charge in [-0.15, -0.1) is 0 Å². The fourth-order valence-electron chi connectivity index (χ4n) is 2.43. The number of aromatic nitrogens is 2. The first kappa shape index (κ1) is 12.2. The van der Waals surface area contributed by atoms with Gasteiger partial charge in [-0.05, 0) is 26.4 Å². The van der Waals surface area contributed by atoms with Crippen LogP contribution in [-0.2, 0) is 13.5 Å². The van der Waals surface area contributed by atoms with E-state index in [4.69, 9.17) is 5.73 Å². The van der Waals surface area contributed by atoms with Gasteiger partial charge in [0, 0.05) is 19.6 Å². The zero-order chi connectivity index (χ0) is 12.4. The van der Waals surface area contributed by atoms with Crippen LogP contribution in [0.2, 0.25) is 0 Å². The number of likely N-dealkylation sites (tertiary alicyclic amines) is 1. The van der Waals surface area contributed by atoms with Crippen LogP contribution < -0.4 is 11.1 Å². The molecule has 0 amide bonds. The lowest BCUT2D eigenvalue weighted by atomic mass is 10.2. The molecule has 5 nitrogen and oxygen atoms in total. The average molecular weight is 237 g/mol. The summed E-state index contributed by atoms with van der Waals surface area (Å²) in [7, 11) is 4.10. The lowest BCUT2D eigenvalue weighted by Crippen LogP contribution is -2.25. The van der Waals surface area contributed by atoms with Crippen LogP contribution in [0, 0.1) is 0 Å². The van der Waals surface area contributed by atoms with Crippen LogP contribution in [0.4, 0.5) is 11.5 Å². The number of aryl methyl sites for hydroxylation is 2. The van der Waals surface area contributed by atoms with Crippen molar-refractivity contribution < 1.29 is 0 Å². The SMILES string of the molecule is CCCc1nn(C)c(NC2CCN(C)C2)c1N. The van der Waals surface area contributed by atoms with E-state index in [0.29, 0.717) is 6.04 Å². The molecule has 0 spiro atoms. The minimum atomic E-state index is 0.493. The Balaban J connectivity index is 2.10. The van der Waals surface area contributed by atoms with Crippen LogP contribution in [0.1, 0.15) is 25.5 Å². The minimum absolute atomic E-state index is 0.493. The number of nitrogen functional groups attached to an aromatic ring is 1. The van der Waals surface area contributed by atoms with E-state index >= 15 is 0 Å². The molecule has 0 radical (unpaired) electrons. The van der Waals surface area contributed by atoms with Crippen LogP contribution in [0.3, 0.4) is 0 Å². The van der Waals surface area contributed by atoms with E-state index in [0.717, 1.165) is 43.1 Å². The van der Waals surface area contributed by atoms with Crippen molar-refractivity contribution in [3.63, 3.8) is 0 Å². The molecule has 1 unspecified atom stereocenters. The molecule has 3 N–H and O–H groups in total. The number of anilines is 2. The summed E-state index contributed by atoms with van der Waals surface area (Å²) in [5.41, 5.74) is 7.98. The number of likely N-dealkylation sites (N-methyl/N-ethyl adjacent to an activating group) is 1. The van der Waals surface area contributed by atoms with Crippen LogP contribution in [-0.4, -0.2) is 40.9 Å². The molecule has 1 saturated heterocycles. The Morgan fingerprint density at radius 2 is 2.24 bits per heavy atom. The summed E-state index contributed by atoms with van der Waals surface area (Å²) in [6, 6.07) is 0.493. The molecule has 1 aliphatic rings. The molecule has 0 saturated carbocycles. The first-order chi connectivity index (χ1) is 8.11. The number of hydrogen-bond donors (Lipinski definition) is 2. The molecule has 1 aromatic heterocycles. The normalized spacial score (nSPS) is 21.0. The molecule has 1 aromatic rings. The summed E-state index contributed by atoms with van der Waals surface area (Å²) in [6.45, 7) is 4.37. The molecule has 96 valence electrons. The summed E-state index contributed by atoms with van der Waals surface area (Å²) in [5, 5.41) is 8.00. The van der Waals surface area contributed by atoms with Gasteiger partial charge < -0.3 is 16.0 Å². The standard InChI is InChI=1S/C12H23N5/c1-4-5-10-11(13)12(17(3)15-10)14-9-6-7-16(2)8-9/h9,14H,4-8,13H2,1-3H3. The number of nitrogens with one attached hydrogen (secondary N) is 1. The van der Waals surface area contributed by atoms with Gasteiger partial charge in [0.15, 0.2) is 0 Å². The highest BCUT2D eigenvalue weighted by Crippen LogP contribution is 2.25. The highest BCUT2D eigenvalue weighted by atomic mass is 15.3. The van der Waals surface area contributed by atoms with Crippen molar-refractivity contribution in [1.29, 1.82) is 0 Å². The summed E-state index contributed by atoms with van der Waals surface area (Å²) >= 11 is 0. The fourth-order valence-corrected chi connectivity index (χ4v) is 2.43. The van der Waals surface area contributed by atoms with Crippen LogP contribution in [0.5, 0.6) is 0 Å². The van der Waals surface area contributed by atoms with Crippen molar-refractivity contribution in [3.05, 3.63) is 5.69 Å². The number of nitrogens with two attached hydrogens (primary N) is 1. The topological polar surface area (TPSA) is 59.1 Å². The van der Waals surface area contributed by atoms with Gasteiger partial charge in [-0.3, -0.25) is 4.68 Å². The highest BCUT2D eigenvalue weighted by Gasteiger charge is 2.22. The van der Waals surface area contributed by atoms with E-state index in [9.17, 15) is 0 Å². The Morgan fingerprint density at radius 3 is 2.82 bits per heavy atom. The van der Waals surface area contributed by atoms with Crippen molar-refractivity contribution in [2.75, 3.05) is 31.2 Å². The van der Waals surface area contributed by atoms with E-state index in [2.05, 4.69) is 29.3 Å². The molecule has 0 aliphatic carbocycles. The molecule has 1 aliphatic heterocycles. The zero-order valence-corrected chi connectivity index (χ0v) is 11.0. The van der Waals surface area contributed by atoms with Gasteiger partial charge in [-0.2, -0.15) is 5.10 Å². The first-order valence-corrected chi connectivity index (χ1v) is 6.38.